The third kappa shape index (κ3) is 2.86. The number of anilines is 1. The van der Waals surface area contributed by atoms with Gasteiger partial charge in [-0.15, -0.1) is 11.3 Å². The summed E-state index contributed by atoms with van der Waals surface area (Å²) in [6, 6.07) is 3.98. The Morgan fingerprint density at radius 2 is 2.41 bits per heavy atom. The second-order valence-corrected chi connectivity index (χ2v) is 5.72. The van der Waals surface area contributed by atoms with E-state index in [2.05, 4.69) is 31.2 Å². The fourth-order valence-corrected chi connectivity index (χ4v) is 2.74. The quantitative estimate of drug-likeness (QED) is 0.907. The van der Waals surface area contributed by atoms with E-state index in [1.165, 1.54) is 13.4 Å². The summed E-state index contributed by atoms with van der Waals surface area (Å²) < 4.78 is 6.06. The second kappa shape index (κ2) is 5.33. The molecular weight excluding hydrogens is 306 g/mol. The average Bonchev–Trinajstić information content (AvgIpc) is 2.72. The van der Waals surface area contributed by atoms with Gasteiger partial charge in [0.2, 0.25) is 5.75 Å². The molecule has 0 aliphatic rings. The molecule has 0 atom stereocenters. The molecule has 2 rings (SSSR count). The number of rotatable bonds is 4. The molecule has 0 radical (unpaired) electrons. The van der Waals surface area contributed by atoms with E-state index in [1.807, 2.05) is 12.1 Å². The highest BCUT2D eigenvalue weighted by molar-refractivity contribution is 9.11. The molecule has 0 bridgehead atoms. The minimum Gasteiger partial charge on any atom is -0.489 e. The van der Waals surface area contributed by atoms with Crippen LogP contribution in [0.4, 0.5) is 5.82 Å². The Morgan fingerprint density at radius 3 is 3.06 bits per heavy atom. The maximum atomic E-state index is 11.4. The number of halogens is 1. The Balaban J connectivity index is 2.14. The van der Waals surface area contributed by atoms with Gasteiger partial charge in [-0.3, -0.25) is 4.79 Å². The van der Waals surface area contributed by atoms with Crippen LogP contribution in [0.1, 0.15) is 4.88 Å². The van der Waals surface area contributed by atoms with E-state index < -0.39 is 0 Å². The minimum atomic E-state index is -0.294. The van der Waals surface area contributed by atoms with Crippen LogP contribution in [0, 0.1) is 0 Å². The number of ether oxygens (including phenoxy) is 1. The van der Waals surface area contributed by atoms with Crippen molar-refractivity contribution in [2.45, 2.75) is 6.54 Å². The van der Waals surface area contributed by atoms with E-state index in [9.17, 15) is 4.79 Å². The smallest absolute Gasteiger partial charge is 0.295 e. The molecule has 0 spiro atoms. The molecule has 0 amide bonds. The van der Waals surface area contributed by atoms with Gasteiger partial charge in [-0.25, -0.2) is 4.98 Å². The highest BCUT2D eigenvalue weighted by atomic mass is 79.9. The second-order valence-electron chi connectivity index (χ2n) is 3.17. The van der Waals surface area contributed by atoms with E-state index in [1.54, 1.807) is 11.3 Å². The molecule has 7 heteroatoms. The van der Waals surface area contributed by atoms with Gasteiger partial charge in [0.05, 0.1) is 23.8 Å². The van der Waals surface area contributed by atoms with Crippen molar-refractivity contribution in [2.24, 2.45) is 0 Å². The molecule has 2 N–H and O–H groups in total. The van der Waals surface area contributed by atoms with Crippen molar-refractivity contribution in [3.05, 3.63) is 37.5 Å². The molecule has 0 unspecified atom stereocenters. The molecule has 0 saturated heterocycles. The minimum absolute atomic E-state index is 0.197. The van der Waals surface area contributed by atoms with Crippen LogP contribution < -0.4 is 15.6 Å². The number of aromatic nitrogens is 2. The van der Waals surface area contributed by atoms with Crippen LogP contribution >= 0.6 is 27.3 Å². The van der Waals surface area contributed by atoms with E-state index in [0.717, 1.165) is 8.66 Å². The van der Waals surface area contributed by atoms with Gasteiger partial charge in [0.25, 0.3) is 5.56 Å². The van der Waals surface area contributed by atoms with Crippen molar-refractivity contribution in [1.29, 1.82) is 0 Å². The zero-order valence-corrected chi connectivity index (χ0v) is 11.4. The van der Waals surface area contributed by atoms with E-state index in [4.69, 9.17) is 4.74 Å². The molecule has 0 aromatic carbocycles. The number of nitrogens with one attached hydrogen (secondary N) is 2. The lowest BCUT2D eigenvalue weighted by atomic mass is 10.4. The molecule has 0 aliphatic carbocycles. The van der Waals surface area contributed by atoms with Crippen molar-refractivity contribution in [3.8, 4) is 5.75 Å². The van der Waals surface area contributed by atoms with Crippen LogP contribution in [0.3, 0.4) is 0 Å². The van der Waals surface area contributed by atoms with Crippen molar-refractivity contribution >= 4 is 33.1 Å². The SMILES string of the molecule is COc1c(NCc2ccc(Br)s2)nc[nH]c1=O. The van der Waals surface area contributed by atoms with Gasteiger partial charge in [0.1, 0.15) is 0 Å². The highest BCUT2D eigenvalue weighted by Gasteiger charge is 2.08. The van der Waals surface area contributed by atoms with Crippen LogP contribution in [-0.2, 0) is 6.54 Å². The number of H-pyrrole nitrogens is 1. The van der Waals surface area contributed by atoms with Gasteiger partial charge in [-0.05, 0) is 28.1 Å². The van der Waals surface area contributed by atoms with Crippen LogP contribution in [0.5, 0.6) is 5.75 Å². The first kappa shape index (κ1) is 12.1. The van der Waals surface area contributed by atoms with Gasteiger partial charge in [0, 0.05) is 4.88 Å². The van der Waals surface area contributed by atoms with Crippen LogP contribution in [0.2, 0.25) is 0 Å². The Hall–Kier alpha value is -1.34. The van der Waals surface area contributed by atoms with E-state index in [-0.39, 0.29) is 11.3 Å². The number of hydrogen-bond acceptors (Lipinski definition) is 5. The lowest BCUT2D eigenvalue weighted by Crippen LogP contribution is -2.13. The number of hydrogen-bond donors (Lipinski definition) is 2. The standard InChI is InChI=1S/C10H10BrN3O2S/c1-16-8-9(13-5-14-10(8)15)12-4-6-2-3-7(11)17-6/h2-3,5H,4H2,1H3,(H2,12,13,14,15). The number of thiophene rings is 1. The third-order valence-corrected chi connectivity index (χ3v) is 3.70. The van der Waals surface area contributed by atoms with Gasteiger partial charge < -0.3 is 15.0 Å². The third-order valence-electron chi connectivity index (χ3n) is 2.07. The van der Waals surface area contributed by atoms with Crippen molar-refractivity contribution in [2.75, 3.05) is 12.4 Å². The summed E-state index contributed by atoms with van der Waals surface area (Å²) in [5, 5.41) is 3.07. The van der Waals surface area contributed by atoms with Gasteiger partial charge in [0.15, 0.2) is 5.82 Å². The predicted molar refractivity (Wildman–Crippen MR) is 70.8 cm³/mol. The van der Waals surface area contributed by atoms with Gasteiger partial charge in [-0.1, -0.05) is 0 Å². The lowest BCUT2D eigenvalue weighted by Gasteiger charge is -2.07. The monoisotopic (exact) mass is 315 g/mol. The molecule has 2 aromatic heterocycles. The molecule has 17 heavy (non-hydrogen) atoms. The van der Waals surface area contributed by atoms with Gasteiger partial charge in [-0.2, -0.15) is 0 Å². The first-order valence-corrected chi connectivity index (χ1v) is 6.41. The highest BCUT2D eigenvalue weighted by Crippen LogP contribution is 2.23. The summed E-state index contributed by atoms with van der Waals surface area (Å²) in [5.41, 5.74) is -0.294. The topological polar surface area (TPSA) is 67.0 Å². The lowest BCUT2D eigenvalue weighted by molar-refractivity contribution is 0.408. The fraction of sp³-hybridized carbons (Fsp3) is 0.200. The van der Waals surface area contributed by atoms with Crippen LogP contribution in [0.15, 0.2) is 27.0 Å². The molecule has 5 nitrogen and oxygen atoms in total. The summed E-state index contributed by atoms with van der Waals surface area (Å²) >= 11 is 5.02. The van der Waals surface area contributed by atoms with Gasteiger partial charge >= 0.3 is 0 Å². The van der Waals surface area contributed by atoms with E-state index in [0.29, 0.717) is 12.4 Å². The summed E-state index contributed by atoms with van der Waals surface area (Å²) in [4.78, 5) is 19.1. The Labute approximate surface area is 110 Å². The maximum absolute atomic E-state index is 11.4. The fourth-order valence-electron chi connectivity index (χ4n) is 1.32. The summed E-state index contributed by atoms with van der Waals surface area (Å²) in [6.45, 7) is 0.600. The number of methoxy groups -OCH3 is 1. The van der Waals surface area contributed by atoms with Crippen LogP contribution in [0.25, 0.3) is 0 Å². The van der Waals surface area contributed by atoms with Crippen molar-refractivity contribution < 1.29 is 4.74 Å². The molecule has 2 aromatic rings. The number of aromatic amines is 1. The zero-order valence-electron chi connectivity index (χ0n) is 8.99. The summed E-state index contributed by atoms with van der Waals surface area (Å²) in [6.07, 6.45) is 1.34. The maximum Gasteiger partial charge on any atom is 0.295 e. The molecular formula is C10H10BrN3O2S. The molecule has 0 saturated carbocycles. The molecule has 2 heterocycles. The average molecular weight is 316 g/mol. The predicted octanol–water partition coefficient (Wildman–Crippen LogP) is 2.21. The number of nitrogens with zero attached hydrogens (tertiary/aromatic N) is 1. The first-order chi connectivity index (χ1) is 8.20. The summed E-state index contributed by atoms with van der Waals surface area (Å²) in [7, 11) is 1.44. The largest absolute Gasteiger partial charge is 0.489 e. The van der Waals surface area contributed by atoms with Crippen molar-refractivity contribution in [1.82, 2.24) is 9.97 Å². The molecule has 90 valence electrons. The molecule has 0 aliphatic heterocycles. The normalized spacial score (nSPS) is 10.2. The first-order valence-electron chi connectivity index (χ1n) is 4.80. The van der Waals surface area contributed by atoms with E-state index >= 15 is 0 Å². The molecule has 0 fully saturated rings. The van der Waals surface area contributed by atoms with Crippen molar-refractivity contribution in [3.63, 3.8) is 0 Å². The van der Waals surface area contributed by atoms with Crippen LogP contribution in [-0.4, -0.2) is 17.1 Å². The Bertz CT molecular complexity index is 567. The Morgan fingerprint density at radius 1 is 1.59 bits per heavy atom. The Kier molecular flexibility index (Phi) is 3.80. The zero-order chi connectivity index (χ0) is 12.3. The summed E-state index contributed by atoms with van der Waals surface area (Å²) in [5.74, 6) is 0.642.